The molecule has 0 aromatic heterocycles. The molecule has 0 bridgehead atoms. The smallest absolute Gasteiger partial charge is 0.0800 e. The first-order valence-corrected chi connectivity index (χ1v) is 7.01. The van der Waals surface area contributed by atoms with E-state index in [0.717, 1.165) is 18.8 Å². The largest absolute Gasteiger partial charge is 0.392 e. The number of aliphatic hydroxyl groups excluding tert-OH is 1. The molecule has 2 N–H and O–H groups in total. The van der Waals surface area contributed by atoms with Crippen molar-refractivity contribution < 1.29 is 5.11 Å². The van der Waals surface area contributed by atoms with Gasteiger partial charge in [0, 0.05) is 25.2 Å². The third-order valence-electron chi connectivity index (χ3n) is 3.81. The van der Waals surface area contributed by atoms with Crippen molar-refractivity contribution >= 4 is 5.71 Å². The molecule has 3 nitrogen and oxygen atoms in total. The van der Waals surface area contributed by atoms with E-state index in [2.05, 4.69) is 38.2 Å². The lowest BCUT2D eigenvalue weighted by atomic mass is 9.94. The number of nitrogens with one attached hydrogen (secondary N) is 1. The summed E-state index contributed by atoms with van der Waals surface area (Å²) in [5.74, 6) is 0.285. The van der Waals surface area contributed by atoms with E-state index in [9.17, 15) is 5.11 Å². The molecule has 1 saturated heterocycles. The molecule has 1 aromatic carbocycles. The fourth-order valence-corrected chi connectivity index (χ4v) is 2.49. The highest BCUT2D eigenvalue weighted by molar-refractivity contribution is 5.87. The Bertz CT molecular complexity index is 439. The van der Waals surface area contributed by atoms with Crippen molar-refractivity contribution in [2.75, 3.05) is 13.1 Å². The molecule has 2 rings (SSSR count). The molecule has 1 heterocycles. The summed E-state index contributed by atoms with van der Waals surface area (Å²) in [5.41, 5.74) is 2.02. The average molecular weight is 260 g/mol. The predicted molar refractivity (Wildman–Crippen MR) is 79.6 cm³/mol. The molecule has 0 amide bonds. The van der Waals surface area contributed by atoms with Gasteiger partial charge in [-0.25, -0.2) is 0 Å². The second-order valence-electron chi connectivity index (χ2n) is 5.98. The monoisotopic (exact) mass is 260 g/mol. The Balaban J connectivity index is 2.19. The molecule has 1 aromatic rings. The van der Waals surface area contributed by atoms with Crippen LogP contribution in [0.5, 0.6) is 0 Å². The Morgan fingerprint density at radius 1 is 1.26 bits per heavy atom. The van der Waals surface area contributed by atoms with Gasteiger partial charge >= 0.3 is 0 Å². The van der Waals surface area contributed by atoms with Crippen molar-refractivity contribution in [2.24, 2.45) is 10.9 Å². The molecule has 1 aliphatic rings. The summed E-state index contributed by atoms with van der Waals surface area (Å²) in [5, 5.41) is 13.4. The summed E-state index contributed by atoms with van der Waals surface area (Å²) in [6.45, 7) is 7.94. The van der Waals surface area contributed by atoms with E-state index in [4.69, 9.17) is 4.99 Å². The minimum absolute atomic E-state index is 0.244. The standard InChI is InChI=1S/C16H24N2O/c1-12-10-17-11-14(9-15(12)19)18-16(2,3)13-7-5-4-6-8-13/h4-8,12,15,17,19H,9-11H2,1-3H3. The van der Waals surface area contributed by atoms with Crippen molar-refractivity contribution in [1.82, 2.24) is 5.32 Å². The van der Waals surface area contributed by atoms with Crippen molar-refractivity contribution in [3.05, 3.63) is 35.9 Å². The summed E-state index contributed by atoms with van der Waals surface area (Å²) in [4.78, 5) is 4.88. The first-order chi connectivity index (χ1) is 8.99. The van der Waals surface area contributed by atoms with E-state index in [1.165, 1.54) is 5.56 Å². The van der Waals surface area contributed by atoms with Crippen LogP contribution in [-0.2, 0) is 5.54 Å². The number of rotatable bonds is 2. The minimum Gasteiger partial charge on any atom is -0.392 e. The molecule has 19 heavy (non-hydrogen) atoms. The Hall–Kier alpha value is -1.19. The molecule has 0 spiro atoms. The Morgan fingerprint density at radius 2 is 1.95 bits per heavy atom. The van der Waals surface area contributed by atoms with Gasteiger partial charge in [-0.3, -0.25) is 4.99 Å². The van der Waals surface area contributed by atoms with Crippen molar-refractivity contribution in [3.63, 3.8) is 0 Å². The molecular formula is C16H24N2O. The van der Waals surface area contributed by atoms with Gasteiger partial charge < -0.3 is 10.4 Å². The molecular weight excluding hydrogens is 236 g/mol. The van der Waals surface area contributed by atoms with Crippen LogP contribution in [0.25, 0.3) is 0 Å². The van der Waals surface area contributed by atoms with Crippen molar-refractivity contribution in [3.8, 4) is 0 Å². The number of benzene rings is 1. The first-order valence-electron chi connectivity index (χ1n) is 7.01. The van der Waals surface area contributed by atoms with Gasteiger partial charge in [0.2, 0.25) is 0 Å². The van der Waals surface area contributed by atoms with Crippen LogP contribution in [0.3, 0.4) is 0 Å². The third kappa shape index (κ3) is 3.64. The lowest BCUT2D eigenvalue weighted by molar-refractivity contribution is 0.127. The maximum Gasteiger partial charge on any atom is 0.0800 e. The van der Waals surface area contributed by atoms with Gasteiger partial charge in [0.15, 0.2) is 0 Å². The van der Waals surface area contributed by atoms with Crippen LogP contribution < -0.4 is 5.32 Å². The second-order valence-corrected chi connectivity index (χ2v) is 5.98. The van der Waals surface area contributed by atoms with Crippen LogP contribution in [0.1, 0.15) is 32.8 Å². The average Bonchev–Trinajstić information content (AvgIpc) is 2.52. The molecule has 1 aliphatic heterocycles. The maximum absolute atomic E-state index is 10.1. The molecule has 2 unspecified atom stereocenters. The lowest BCUT2D eigenvalue weighted by Gasteiger charge is -2.23. The predicted octanol–water partition coefficient (Wildman–Crippen LogP) is 2.35. The Kier molecular flexibility index (Phi) is 4.38. The van der Waals surface area contributed by atoms with E-state index in [0.29, 0.717) is 6.42 Å². The SMILES string of the molecule is CC1CNCC(=NC(C)(C)c2ccccc2)CC1O. The highest BCUT2D eigenvalue weighted by Gasteiger charge is 2.24. The number of nitrogens with zero attached hydrogens (tertiary/aromatic N) is 1. The van der Waals surface area contributed by atoms with Crippen LogP contribution in [0.15, 0.2) is 35.3 Å². The summed E-state index contributed by atoms with van der Waals surface area (Å²) in [6.07, 6.45) is 0.380. The van der Waals surface area contributed by atoms with E-state index in [1.807, 2.05) is 18.2 Å². The van der Waals surface area contributed by atoms with Gasteiger partial charge in [-0.05, 0) is 25.3 Å². The summed E-state index contributed by atoms with van der Waals surface area (Å²) in [7, 11) is 0. The van der Waals surface area contributed by atoms with Gasteiger partial charge in [0.05, 0.1) is 11.6 Å². The molecule has 2 atom stereocenters. The zero-order valence-electron chi connectivity index (χ0n) is 12.1. The molecule has 104 valence electrons. The summed E-state index contributed by atoms with van der Waals surface area (Å²) >= 11 is 0. The lowest BCUT2D eigenvalue weighted by Crippen LogP contribution is -2.25. The summed E-state index contributed by atoms with van der Waals surface area (Å²) < 4.78 is 0. The minimum atomic E-state index is -0.291. The zero-order chi connectivity index (χ0) is 13.9. The van der Waals surface area contributed by atoms with Crippen LogP contribution in [0.2, 0.25) is 0 Å². The number of aliphatic hydroxyl groups is 1. The van der Waals surface area contributed by atoms with Gasteiger partial charge in [0.1, 0.15) is 0 Å². The first kappa shape index (κ1) is 14.2. The topological polar surface area (TPSA) is 44.6 Å². The second kappa shape index (κ2) is 5.85. The van der Waals surface area contributed by atoms with Crippen LogP contribution in [0.4, 0.5) is 0 Å². The Labute approximate surface area is 115 Å². The van der Waals surface area contributed by atoms with E-state index in [-0.39, 0.29) is 17.6 Å². The fraction of sp³-hybridized carbons (Fsp3) is 0.562. The highest BCUT2D eigenvalue weighted by Crippen LogP contribution is 2.25. The van der Waals surface area contributed by atoms with Crippen LogP contribution >= 0.6 is 0 Å². The van der Waals surface area contributed by atoms with Gasteiger partial charge in [-0.1, -0.05) is 37.3 Å². The Morgan fingerprint density at radius 3 is 2.63 bits per heavy atom. The van der Waals surface area contributed by atoms with Gasteiger partial charge in [0.25, 0.3) is 0 Å². The van der Waals surface area contributed by atoms with Crippen LogP contribution in [-0.4, -0.2) is 30.0 Å². The van der Waals surface area contributed by atoms with E-state index >= 15 is 0 Å². The molecule has 3 heteroatoms. The van der Waals surface area contributed by atoms with E-state index in [1.54, 1.807) is 0 Å². The zero-order valence-corrected chi connectivity index (χ0v) is 12.1. The normalized spacial score (nSPS) is 27.3. The number of hydrogen-bond acceptors (Lipinski definition) is 3. The molecule has 0 aliphatic carbocycles. The molecule has 0 saturated carbocycles. The number of hydrogen-bond donors (Lipinski definition) is 2. The fourth-order valence-electron chi connectivity index (χ4n) is 2.49. The van der Waals surface area contributed by atoms with Crippen molar-refractivity contribution in [2.45, 2.75) is 38.8 Å². The van der Waals surface area contributed by atoms with Gasteiger partial charge in [-0.15, -0.1) is 0 Å². The van der Waals surface area contributed by atoms with E-state index < -0.39 is 0 Å². The third-order valence-corrected chi connectivity index (χ3v) is 3.81. The molecule has 0 radical (unpaired) electrons. The van der Waals surface area contributed by atoms with Gasteiger partial charge in [-0.2, -0.15) is 0 Å². The quantitative estimate of drug-likeness (QED) is 0.857. The maximum atomic E-state index is 10.1. The number of aliphatic imine (C=N–C) groups is 1. The van der Waals surface area contributed by atoms with Crippen LogP contribution in [0, 0.1) is 5.92 Å². The highest BCUT2D eigenvalue weighted by atomic mass is 16.3. The summed E-state index contributed by atoms with van der Waals surface area (Å²) in [6, 6.07) is 10.3. The molecule has 1 fully saturated rings. The van der Waals surface area contributed by atoms with Crippen molar-refractivity contribution in [1.29, 1.82) is 0 Å².